The van der Waals surface area contributed by atoms with Crippen LogP contribution in [-0.2, 0) is 0 Å². The Bertz CT molecular complexity index is 132. The summed E-state index contributed by atoms with van der Waals surface area (Å²) < 4.78 is 0. The molecule has 0 bridgehead atoms. The van der Waals surface area contributed by atoms with Crippen molar-refractivity contribution in [2.45, 2.75) is 13.8 Å². The highest BCUT2D eigenvalue weighted by Crippen LogP contribution is 1.60. The van der Waals surface area contributed by atoms with Gasteiger partial charge in [0.1, 0.15) is 0 Å². The Morgan fingerprint density at radius 1 is 1.20 bits per heavy atom. The molecule has 0 aromatic heterocycles. The highest BCUT2D eigenvalue weighted by Gasteiger charge is 1.84. The lowest BCUT2D eigenvalue weighted by Crippen LogP contribution is -2.29. The molecule has 0 aliphatic carbocycles. The molecule has 0 aliphatic heterocycles. The number of nitrogens with zero attached hydrogens (tertiary/aromatic N) is 2. The van der Waals surface area contributed by atoms with Crippen LogP contribution in [0.5, 0.6) is 0 Å². The summed E-state index contributed by atoms with van der Waals surface area (Å²) in [6.07, 6.45) is 3.10. The van der Waals surface area contributed by atoms with Gasteiger partial charge in [0, 0.05) is 12.4 Å². The van der Waals surface area contributed by atoms with E-state index in [1.165, 1.54) is 0 Å². The minimum atomic E-state index is 0.0520. The fraction of sp³-hybridized carbons (Fsp3) is 0.400. The smallest absolute Gasteiger partial charge is 0.230 e. The van der Waals surface area contributed by atoms with Crippen molar-refractivity contribution in [3.8, 4) is 0 Å². The highest BCUT2D eigenvalue weighted by atomic mass is 15.4. The summed E-state index contributed by atoms with van der Waals surface area (Å²) in [4.78, 5) is 0. The maximum absolute atomic E-state index is 7.05. The molecule has 0 rings (SSSR count). The van der Waals surface area contributed by atoms with Gasteiger partial charge in [-0.1, -0.05) is 0 Å². The van der Waals surface area contributed by atoms with Gasteiger partial charge in [-0.3, -0.25) is 5.41 Å². The zero-order valence-electron chi connectivity index (χ0n) is 6.05. The van der Waals surface area contributed by atoms with Gasteiger partial charge >= 0.3 is 0 Å². The van der Waals surface area contributed by atoms with E-state index in [0.29, 0.717) is 0 Å². The first-order chi connectivity index (χ1) is 4.81. The number of nitrogens with one attached hydrogen (secondary N) is 3. The van der Waals surface area contributed by atoms with Crippen molar-refractivity contribution in [1.29, 1.82) is 5.41 Å². The second-order valence-corrected chi connectivity index (χ2v) is 1.37. The van der Waals surface area contributed by atoms with Crippen molar-refractivity contribution in [2.24, 2.45) is 10.2 Å². The van der Waals surface area contributed by atoms with Gasteiger partial charge in [-0.2, -0.15) is 10.2 Å². The first kappa shape index (κ1) is 8.61. The second-order valence-electron chi connectivity index (χ2n) is 1.37. The average molecular weight is 141 g/mol. The molecule has 0 aromatic carbocycles. The lowest BCUT2D eigenvalue weighted by atomic mass is 10.9. The normalized spacial score (nSPS) is 10.6. The molecule has 0 heterocycles. The van der Waals surface area contributed by atoms with Crippen molar-refractivity contribution >= 4 is 18.4 Å². The summed E-state index contributed by atoms with van der Waals surface area (Å²) in [5, 5.41) is 14.2. The van der Waals surface area contributed by atoms with Crippen molar-refractivity contribution in [3.63, 3.8) is 0 Å². The molecular weight excluding hydrogens is 130 g/mol. The van der Waals surface area contributed by atoms with Crippen LogP contribution in [-0.4, -0.2) is 18.4 Å². The molecule has 56 valence electrons. The Labute approximate surface area is 59.7 Å². The van der Waals surface area contributed by atoms with Crippen molar-refractivity contribution in [1.82, 2.24) is 10.9 Å². The van der Waals surface area contributed by atoms with Crippen LogP contribution in [0.15, 0.2) is 10.2 Å². The van der Waals surface area contributed by atoms with Gasteiger partial charge in [0.05, 0.1) is 0 Å². The quantitative estimate of drug-likeness (QED) is 0.290. The van der Waals surface area contributed by atoms with E-state index in [1.54, 1.807) is 26.3 Å². The van der Waals surface area contributed by atoms with Gasteiger partial charge in [0.25, 0.3) is 0 Å². The average Bonchev–Trinajstić information content (AvgIpc) is 1.97. The summed E-state index contributed by atoms with van der Waals surface area (Å²) >= 11 is 0. The predicted octanol–water partition coefficient (Wildman–Crippen LogP) is 0.112. The van der Waals surface area contributed by atoms with E-state index in [0.717, 1.165) is 0 Å². The maximum atomic E-state index is 7.05. The second kappa shape index (κ2) is 5.74. The summed E-state index contributed by atoms with van der Waals surface area (Å²) in [6.45, 7) is 3.51. The third kappa shape index (κ3) is 4.76. The van der Waals surface area contributed by atoms with Crippen LogP contribution < -0.4 is 10.9 Å². The molecule has 5 heteroatoms. The molecule has 3 N–H and O–H groups in total. The monoisotopic (exact) mass is 141 g/mol. The fourth-order valence-corrected chi connectivity index (χ4v) is 0.283. The van der Waals surface area contributed by atoms with E-state index in [-0.39, 0.29) is 5.96 Å². The lowest BCUT2D eigenvalue weighted by molar-refractivity contribution is 0.891. The maximum Gasteiger partial charge on any atom is 0.230 e. The molecule has 0 aliphatic rings. The zero-order valence-corrected chi connectivity index (χ0v) is 6.05. The van der Waals surface area contributed by atoms with Crippen LogP contribution in [0.1, 0.15) is 13.8 Å². The minimum Gasteiger partial charge on any atom is -0.266 e. The summed E-state index contributed by atoms with van der Waals surface area (Å²) in [5.74, 6) is 0.0520. The number of hydrazone groups is 2. The van der Waals surface area contributed by atoms with Gasteiger partial charge < -0.3 is 0 Å². The van der Waals surface area contributed by atoms with Crippen LogP contribution >= 0.6 is 0 Å². The largest absolute Gasteiger partial charge is 0.266 e. The van der Waals surface area contributed by atoms with Crippen molar-refractivity contribution in [2.75, 3.05) is 0 Å². The SMILES string of the molecule is C/C=N/NC(=N)N/N=C/C. The minimum absolute atomic E-state index is 0.0520. The van der Waals surface area contributed by atoms with Crippen molar-refractivity contribution in [3.05, 3.63) is 0 Å². The molecule has 5 nitrogen and oxygen atoms in total. The van der Waals surface area contributed by atoms with Gasteiger partial charge in [0.2, 0.25) is 5.96 Å². The molecular formula is C5H11N5. The predicted molar refractivity (Wildman–Crippen MR) is 42.3 cm³/mol. The first-order valence-corrected chi connectivity index (χ1v) is 2.87. The number of rotatable bonds is 2. The number of hydrogen-bond acceptors (Lipinski definition) is 3. The standard InChI is InChI=1S/C5H11N5/c1-3-7-9-5(6)10-8-4-2/h3-4H,1-2H3,(H3,6,9,10)/b7-3+,8-4+. The van der Waals surface area contributed by atoms with Gasteiger partial charge in [-0.25, -0.2) is 10.9 Å². The number of guanidine groups is 1. The molecule has 0 saturated carbocycles. The summed E-state index contributed by atoms with van der Waals surface area (Å²) in [5.41, 5.74) is 4.79. The third-order valence-corrected chi connectivity index (χ3v) is 0.611. The molecule has 0 atom stereocenters. The van der Waals surface area contributed by atoms with Crippen LogP contribution in [0, 0.1) is 5.41 Å². The van der Waals surface area contributed by atoms with E-state index in [9.17, 15) is 0 Å². The van der Waals surface area contributed by atoms with E-state index in [2.05, 4.69) is 21.1 Å². The Morgan fingerprint density at radius 3 is 1.90 bits per heavy atom. The van der Waals surface area contributed by atoms with E-state index < -0.39 is 0 Å². The number of hydrogen-bond donors (Lipinski definition) is 3. The van der Waals surface area contributed by atoms with Crippen LogP contribution in [0.3, 0.4) is 0 Å². The fourth-order valence-electron chi connectivity index (χ4n) is 0.283. The first-order valence-electron chi connectivity index (χ1n) is 2.87. The Kier molecular flexibility index (Phi) is 4.94. The lowest BCUT2D eigenvalue weighted by Gasteiger charge is -1.98. The summed E-state index contributed by atoms with van der Waals surface area (Å²) in [7, 11) is 0. The molecule has 0 unspecified atom stereocenters. The molecule has 0 amide bonds. The Hall–Kier alpha value is -1.39. The topological polar surface area (TPSA) is 72.6 Å². The van der Waals surface area contributed by atoms with Gasteiger partial charge in [0.15, 0.2) is 0 Å². The molecule has 10 heavy (non-hydrogen) atoms. The zero-order chi connectivity index (χ0) is 7.82. The third-order valence-electron chi connectivity index (χ3n) is 0.611. The van der Waals surface area contributed by atoms with E-state index in [1.807, 2.05) is 0 Å². The van der Waals surface area contributed by atoms with E-state index >= 15 is 0 Å². The molecule has 0 radical (unpaired) electrons. The molecule has 0 fully saturated rings. The Morgan fingerprint density at radius 2 is 1.60 bits per heavy atom. The van der Waals surface area contributed by atoms with Crippen LogP contribution in [0.4, 0.5) is 0 Å². The summed E-state index contributed by atoms with van der Waals surface area (Å²) in [6, 6.07) is 0. The van der Waals surface area contributed by atoms with Crippen LogP contribution in [0.2, 0.25) is 0 Å². The van der Waals surface area contributed by atoms with Gasteiger partial charge in [-0.15, -0.1) is 0 Å². The molecule has 0 aromatic rings. The van der Waals surface area contributed by atoms with Crippen LogP contribution in [0.25, 0.3) is 0 Å². The highest BCUT2D eigenvalue weighted by molar-refractivity contribution is 5.77. The molecule has 0 saturated heterocycles. The van der Waals surface area contributed by atoms with Gasteiger partial charge in [-0.05, 0) is 13.8 Å². The Balaban J connectivity index is 3.44. The van der Waals surface area contributed by atoms with E-state index in [4.69, 9.17) is 5.41 Å². The van der Waals surface area contributed by atoms with Crippen molar-refractivity contribution < 1.29 is 0 Å². The molecule has 0 spiro atoms.